The lowest BCUT2D eigenvalue weighted by atomic mass is 10.1. The second kappa shape index (κ2) is 7.01. The molecule has 0 aliphatic carbocycles. The fourth-order valence-corrected chi connectivity index (χ4v) is 2.61. The maximum atomic E-state index is 12.2. The van der Waals surface area contributed by atoms with Crippen molar-refractivity contribution in [1.29, 1.82) is 0 Å². The molecular weight excluding hydrogens is 288 g/mol. The Hall–Kier alpha value is -2.18. The maximum absolute atomic E-state index is 12.2. The molecule has 0 aliphatic rings. The first-order valence-electron chi connectivity index (χ1n) is 6.42. The molecule has 0 bridgehead atoms. The monoisotopic (exact) mass is 304 g/mol. The van der Waals surface area contributed by atoms with E-state index in [2.05, 4.69) is 10.1 Å². The number of nitrogens with two attached hydrogens (primary N) is 1. The molecule has 0 atom stereocenters. The predicted octanol–water partition coefficient (Wildman–Crippen LogP) is 2.29. The molecule has 1 heterocycles. The highest BCUT2D eigenvalue weighted by atomic mass is 32.1. The van der Waals surface area contributed by atoms with E-state index in [1.807, 2.05) is 12.1 Å². The number of carbonyl (C=O) groups excluding carboxylic acids is 2. The highest BCUT2D eigenvalue weighted by molar-refractivity contribution is 7.12. The number of amides is 1. The van der Waals surface area contributed by atoms with Crippen molar-refractivity contribution >= 4 is 28.9 Å². The largest absolute Gasteiger partial charge is 0.465 e. The van der Waals surface area contributed by atoms with Crippen LogP contribution in [0.1, 0.15) is 25.6 Å². The standard InChI is InChI=1S/C15H16N2O3S/c1-20-15(19)13-12(7-9-21-13)17-14(18)11-4-2-10(3-5-11)6-8-16/h2-5,7,9H,6,8,16H2,1H3,(H,17,18). The fraction of sp³-hybridized carbons (Fsp3) is 0.200. The van der Waals surface area contributed by atoms with Crippen LogP contribution < -0.4 is 11.1 Å². The van der Waals surface area contributed by atoms with E-state index in [1.54, 1.807) is 23.6 Å². The van der Waals surface area contributed by atoms with E-state index < -0.39 is 5.97 Å². The smallest absolute Gasteiger partial charge is 0.350 e. The summed E-state index contributed by atoms with van der Waals surface area (Å²) in [6.07, 6.45) is 0.777. The number of methoxy groups -OCH3 is 1. The Balaban J connectivity index is 2.11. The Morgan fingerprint density at radius 2 is 1.95 bits per heavy atom. The SMILES string of the molecule is COC(=O)c1sccc1NC(=O)c1ccc(CCN)cc1. The molecule has 2 rings (SSSR count). The average molecular weight is 304 g/mol. The lowest BCUT2D eigenvalue weighted by Gasteiger charge is -2.06. The number of ether oxygens (including phenoxy) is 1. The van der Waals surface area contributed by atoms with Gasteiger partial charge in [-0.1, -0.05) is 12.1 Å². The summed E-state index contributed by atoms with van der Waals surface area (Å²) in [7, 11) is 1.31. The molecule has 0 fully saturated rings. The van der Waals surface area contributed by atoms with Crippen molar-refractivity contribution in [2.45, 2.75) is 6.42 Å². The Morgan fingerprint density at radius 1 is 1.24 bits per heavy atom. The van der Waals surface area contributed by atoms with E-state index in [9.17, 15) is 9.59 Å². The molecule has 3 N–H and O–H groups in total. The third-order valence-corrected chi connectivity index (χ3v) is 3.83. The van der Waals surface area contributed by atoms with Gasteiger partial charge in [0.15, 0.2) is 0 Å². The third kappa shape index (κ3) is 3.68. The first-order valence-corrected chi connectivity index (χ1v) is 7.30. The summed E-state index contributed by atoms with van der Waals surface area (Å²) < 4.78 is 4.67. The van der Waals surface area contributed by atoms with Gasteiger partial charge in [0.05, 0.1) is 12.8 Å². The van der Waals surface area contributed by atoms with Crippen molar-refractivity contribution in [3.05, 3.63) is 51.7 Å². The van der Waals surface area contributed by atoms with Crippen LogP contribution in [0.15, 0.2) is 35.7 Å². The third-order valence-electron chi connectivity index (χ3n) is 2.93. The first kappa shape index (κ1) is 15.2. The highest BCUT2D eigenvalue weighted by Crippen LogP contribution is 2.23. The normalized spacial score (nSPS) is 10.2. The van der Waals surface area contributed by atoms with Crippen LogP contribution in [0.25, 0.3) is 0 Å². The molecule has 2 aromatic rings. The predicted molar refractivity (Wildman–Crippen MR) is 82.8 cm³/mol. The van der Waals surface area contributed by atoms with Gasteiger partial charge in [-0.25, -0.2) is 4.79 Å². The minimum absolute atomic E-state index is 0.266. The Morgan fingerprint density at radius 3 is 2.57 bits per heavy atom. The van der Waals surface area contributed by atoms with E-state index in [4.69, 9.17) is 5.73 Å². The van der Waals surface area contributed by atoms with Gasteiger partial charge in [0.2, 0.25) is 0 Å². The van der Waals surface area contributed by atoms with Gasteiger partial charge in [0, 0.05) is 5.56 Å². The van der Waals surface area contributed by atoms with E-state index in [-0.39, 0.29) is 5.91 Å². The molecule has 6 heteroatoms. The second-order valence-electron chi connectivity index (χ2n) is 4.34. The van der Waals surface area contributed by atoms with Gasteiger partial charge in [-0.3, -0.25) is 4.79 Å². The van der Waals surface area contributed by atoms with Crippen LogP contribution in [0.4, 0.5) is 5.69 Å². The van der Waals surface area contributed by atoms with Crippen LogP contribution in [0.5, 0.6) is 0 Å². The first-order chi connectivity index (χ1) is 10.2. The molecule has 1 amide bonds. The molecule has 0 saturated carbocycles. The van der Waals surface area contributed by atoms with E-state index >= 15 is 0 Å². The van der Waals surface area contributed by atoms with Gasteiger partial charge in [-0.05, 0) is 42.1 Å². The molecular formula is C15H16N2O3S. The van der Waals surface area contributed by atoms with Gasteiger partial charge in [-0.15, -0.1) is 11.3 Å². The highest BCUT2D eigenvalue weighted by Gasteiger charge is 2.16. The summed E-state index contributed by atoms with van der Waals surface area (Å²) in [5.74, 6) is -0.726. The van der Waals surface area contributed by atoms with Crippen LogP contribution in [-0.2, 0) is 11.2 Å². The van der Waals surface area contributed by atoms with Gasteiger partial charge < -0.3 is 15.8 Å². The van der Waals surface area contributed by atoms with Crippen molar-refractivity contribution in [3.63, 3.8) is 0 Å². The number of benzene rings is 1. The minimum Gasteiger partial charge on any atom is -0.465 e. The van der Waals surface area contributed by atoms with Gasteiger partial charge in [0.25, 0.3) is 5.91 Å². The number of esters is 1. The van der Waals surface area contributed by atoms with Gasteiger partial charge >= 0.3 is 5.97 Å². The van der Waals surface area contributed by atoms with Crippen molar-refractivity contribution in [2.24, 2.45) is 5.73 Å². The summed E-state index contributed by atoms with van der Waals surface area (Å²) in [4.78, 5) is 24.1. The van der Waals surface area contributed by atoms with Crippen LogP contribution in [0.2, 0.25) is 0 Å². The number of hydrogen-bond acceptors (Lipinski definition) is 5. The van der Waals surface area contributed by atoms with E-state index in [0.29, 0.717) is 22.7 Å². The minimum atomic E-state index is -0.460. The van der Waals surface area contributed by atoms with Crippen molar-refractivity contribution in [1.82, 2.24) is 0 Å². The summed E-state index contributed by atoms with van der Waals surface area (Å²) in [5.41, 5.74) is 7.55. The van der Waals surface area contributed by atoms with Crippen molar-refractivity contribution < 1.29 is 14.3 Å². The second-order valence-corrected chi connectivity index (χ2v) is 5.26. The Bertz CT molecular complexity index is 635. The van der Waals surface area contributed by atoms with E-state index in [0.717, 1.165) is 12.0 Å². The van der Waals surface area contributed by atoms with Crippen LogP contribution in [0.3, 0.4) is 0 Å². The van der Waals surface area contributed by atoms with Crippen molar-refractivity contribution in [2.75, 3.05) is 19.0 Å². The molecule has 0 spiro atoms. The number of hydrogen-bond donors (Lipinski definition) is 2. The van der Waals surface area contributed by atoms with Crippen LogP contribution >= 0.6 is 11.3 Å². The zero-order valence-corrected chi connectivity index (χ0v) is 12.4. The lowest BCUT2D eigenvalue weighted by Crippen LogP contribution is -2.14. The maximum Gasteiger partial charge on any atom is 0.350 e. The average Bonchev–Trinajstić information content (AvgIpc) is 2.95. The number of anilines is 1. The van der Waals surface area contributed by atoms with E-state index in [1.165, 1.54) is 18.4 Å². The topological polar surface area (TPSA) is 81.4 Å². The summed E-state index contributed by atoms with van der Waals surface area (Å²) in [6.45, 7) is 0.572. The van der Waals surface area contributed by atoms with Gasteiger partial charge in [-0.2, -0.15) is 0 Å². The number of nitrogens with one attached hydrogen (secondary N) is 1. The van der Waals surface area contributed by atoms with Gasteiger partial charge in [0.1, 0.15) is 4.88 Å². The molecule has 1 aromatic carbocycles. The molecule has 0 radical (unpaired) electrons. The van der Waals surface area contributed by atoms with Crippen LogP contribution in [0, 0.1) is 0 Å². The Labute approximate surface area is 126 Å². The zero-order valence-electron chi connectivity index (χ0n) is 11.6. The molecule has 110 valence electrons. The fourth-order valence-electron chi connectivity index (χ4n) is 1.84. The van der Waals surface area contributed by atoms with Crippen molar-refractivity contribution in [3.8, 4) is 0 Å². The Kier molecular flexibility index (Phi) is 5.08. The number of carbonyl (C=O) groups is 2. The molecule has 5 nitrogen and oxygen atoms in total. The molecule has 0 unspecified atom stereocenters. The molecule has 0 aliphatic heterocycles. The zero-order chi connectivity index (χ0) is 15.2. The summed E-state index contributed by atoms with van der Waals surface area (Å²) in [5, 5.41) is 4.45. The van der Waals surface area contributed by atoms with Crippen LogP contribution in [-0.4, -0.2) is 25.5 Å². The molecule has 21 heavy (non-hydrogen) atoms. The number of rotatable bonds is 5. The molecule has 1 aromatic heterocycles. The summed E-state index contributed by atoms with van der Waals surface area (Å²) >= 11 is 1.23. The lowest BCUT2D eigenvalue weighted by molar-refractivity contribution is 0.0607. The quantitative estimate of drug-likeness (QED) is 0.830. The molecule has 0 saturated heterocycles. The number of thiophene rings is 1. The summed E-state index contributed by atoms with van der Waals surface area (Å²) in [6, 6.07) is 8.90.